The fourth-order valence-electron chi connectivity index (χ4n) is 1.33. The second kappa shape index (κ2) is 8.65. The molecule has 0 bridgehead atoms. The van der Waals surface area contributed by atoms with Gasteiger partial charge in [-0.15, -0.1) is 0 Å². The highest BCUT2D eigenvalue weighted by Crippen LogP contribution is 2.29. The first kappa shape index (κ1) is 24.8. The second-order valence-corrected chi connectivity index (χ2v) is 5.08. The monoisotopic (exact) mass is 422 g/mol. The molecule has 0 N–H and O–H groups in total. The maximum absolute atomic E-state index is 12.1. The summed E-state index contributed by atoms with van der Waals surface area (Å²) in [7, 11) is 0. The number of carbonyl (C=O) groups is 3. The number of alkyl halides is 9. The summed E-state index contributed by atoms with van der Waals surface area (Å²) in [6.07, 6.45) is -17.1. The molecule has 0 unspecified atom stereocenters. The lowest BCUT2D eigenvalue weighted by Gasteiger charge is -2.31. The van der Waals surface area contributed by atoms with Crippen LogP contribution in [0.3, 0.4) is 0 Å². The molecule has 0 spiro atoms. The van der Waals surface area contributed by atoms with Crippen molar-refractivity contribution in [1.29, 1.82) is 0 Å². The Bertz CT molecular complexity index is 475. The predicted molar refractivity (Wildman–Crippen MR) is 63.8 cm³/mol. The Kier molecular flexibility index (Phi) is 7.93. The van der Waals surface area contributed by atoms with E-state index < -0.39 is 68.1 Å². The third kappa shape index (κ3) is 8.34. The van der Waals surface area contributed by atoms with Crippen molar-refractivity contribution >= 4 is 17.9 Å². The first-order valence-electron chi connectivity index (χ1n) is 6.66. The van der Waals surface area contributed by atoms with Crippen LogP contribution in [0.4, 0.5) is 39.5 Å². The molecule has 15 heteroatoms. The fourth-order valence-corrected chi connectivity index (χ4v) is 1.33. The molecule has 0 fully saturated rings. The fraction of sp³-hybridized carbons (Fsp3) is 0.750. The second-order valence-electron chi connectivity index (χ2n) is 5.08. The summed E-state index contributed by atoms with van der Waals surface area (Å²) in [6.45, 7) is -3.29. The topological polar surface area (TPSA) is 78.9 Å². The van der Waals surface area contributed by atoms with Crippen molar-refractivity contribution in [3.8, 4) is 0 Å². The molecule has 0 saturated carbocycles. The van der Waals surface area contributed by atoms with Gasteiger partial charge in [0.05, 0.1) is 5.41 Å². The van der Waals surface area contributed by atoms with E-state index in [4.69, 9.17) is 0 Å². The minimum atomic E-state index is -5.51. The Hall–Kier alpha value is -2.22. The van der Waals surface area contributed by atoms with Crippen LogP contribution in [0.5, 0.6) is 0 Å². The van der Waals surface area contributed by atoms with E-state index in [1.54, 1.807) is 0 Å². The van der Waals surface area contributed by atoms with E-state index in [1.165, 1.54) is 0 Å². The average molecular weight is 422 g/mol. The number of carbonyl (C=O) groups excluding carboxylic acids is 3. The van der Waals surface area contributed by atoms with Crippen LogP contribution in [-0.4, -0.2) is 56.3 Å². The first-order valence-corrected chi connectivity index (χ1v) is 6.66. The van der Waals surface area contributed by atoms with E-state index in [2.05, 4.69) is 14.2 Å². The molecule has 0 saturated heterocycles. The number of esters is 3. The molecule has 0 amide bonds. The lowest BCUT2D eigenvalue weighted by Crippen LogP contribution is -2.43. The van der Waals surface area contributed by atoms with Gasteiger partial charge in [0.25, 0.3) is 0 Å². The van der Waals surface area contributed by atoms with Gasteiger partial charge in [-0.3, -0.25) is 0 Å². The van der Waals surface area contributed by atoms with Gasteiger partial charge in [-0.05, 0) is 6.42 Å². The lowest BCUT2D eigenvalue weighted by molar-refractivity contribution is -0.217. The molecular formula is C12H11F9O6. The number of hydrogen-bond acceptors (Lipinski definition) is 6. The number of rotatable bonds is 7. The Balaban J connectivity index is 5.32. The lowest BCUT2D eigenvalue weighted by atomic mass is 9.88. The van der Waals surface area contributed by atoms with Gasteiger partial charge in [-0.2, -0.15) is 39.5 Å². The van der Waals surface area contributed by atoms with Crippen LogP contribution in [0.2, 0.25) is 0 Å². The molecule has 0 aromatic rings. The highest BCUT2D eigenvalue weighted by molar-refractivity contribution is 5.76. The molecule has 0 atom stereocenters. The smallest absolute Gasteiger partial charge is 0.458 e. The molecule has 158 valence electrons. The summed E-state index contributed by atoms with van der Waals surface area (Å²) in [5.74, 6) is -8.40. The Labute approximate surface area is 144 Å². The van der Waals surface area contributed by atoms with Crippen LogP contribution in [0.1, 0.15) is 13.3 Å². The molecule has 0 aliphatic rings. The van der Waals surface area contributed by atoms with Gasteiger partial charge >= 0.3 is 36.4 Å². The van der Waals surface area contributed by atoms with Crippen molar-refractivity contribution in [3.63, 3.8) is 0 Å². The standard InChI is InChI=1S/C12H11F9O6/c1-2-9(3-25-6(22)10(13,14)15,4-26-7(23)11(16,17)18)5-27-8(24)12(19,20)21/h2-5H2,1H3. The van der Waals surface area contributed by atoms with Crippen molar-refractivity contribution in [2.45, 2.75) is 31.9 Å². The first-order chi connectivity index (χ1) is 11.9. The summed E-state index contributed by atoms with van der Waals surface area (Å²) in [5.41, 5.74) is -2.29. The summed E-state index contributed by atoms with van der Waals surface area (Å²) >= 11 is 0. The molecule has 0 heterocycles. The van der Waals surface area contributed by atoms with Crippen LogP contribution in [0.15, 0.2) is 0 Å². The number of halogens is 9. The van der Waals surface area contributed by atoms with Gasteiger partial charge in [-0.1, -0.05) is 6.92 Å². The maximum Gasteiger partial charge on any atom is 0.490 e. The zero-order valence-electron chi connectivity index (χ0n) is 13.2. The molecule has 0 radical (unpaired) electrons. The average Bonchev–Trinajstić information content (AvgIpc) is 2.50. The van der Waals surface area contributed by atoms with Crippen LogP contribution in [-0.2, 0) is 28.6 Å². The Morgan fingerprint density at radius 3 is 0.963 bits per heavy atom. The summed E-state index contributed by atoms with van der Waals surface area (Å²) in [4.78, 5) is 32.1. The molecule has 0 aliphatic heterocycles. The van der Waals surface area contributed by atoms with E-state index in [-0.39, 0.29) is 0 Å². The molecule has 0 aliphatic carbocycles. The molecule has 0 aromatic heterocycles. The normalized spacial score (nSPS) is 13.1. The zero-order chi connectivity index (χ0) is 21.7. The molecule has 6 nitrogen and oxygen atoms in total. The third-order valence-electron chi connectivity index (χ3n) is 2.97. The third-order valence-corrected chi connectivity index (χ3v) is 2.97. The highest BCUT2D eigenvalue weighted by Gasteiger charge is 2.47. The van der Waals surface area contributed by atoms with Crippen molar-refractivity contribution in [2.75, 3.05) is 19.8 Å². The van der Waals surface area contributed by atoms with E-state index in [9.17, 15) is 53.9 Å². The van der Waals surface area contributed by atoms with E-state index in [0.717, 1.165) is 6.92 Å². The summed E-state index contributed by atoms with van der Waals surface area (Å²) in [5, 5.41) is 0. The SMILES string of the molecule is CCC(COC(=O)C(F)(F)F)(COC(=O)C(F)(F)F)COC(=O)C(F)(F)F. The number of ether oxygens (including phenoxy) is 3. The van der Waals surface area contributed by atoms with Gasteiger partial charge < -0.3 is 14.2 Å². The minimum Gasteiger partial charge on any atom is -0.458 e. The quantitative estimate of drug-likeness (QED) is 0.357. The zero-order valence-corrected chi connectivity index (χ0v) is 13.2. The molecular weight excluding hydrogens is 411 g/mol. The minimum absolute atomic E-state index is 0.589. The van der Waals surface area contributed by atoms with Crippen molar-refractivity contribution in [3.05, 3.63) is 0 Å². The summed E-state index contributed by atoms with van der Waals surface area (Å²) in [6, 6.07) is 0. The summed E-state index contributed by atoms with van der Waals surface area (Å²) < 4.78 is 121. The van der Waals surface area contributed by atoms with Gasteiger partial charge in [0.2, 0.25) is 0 Å². The van der Waals surface area contributed by atoms with Gasteiger partial charge in [0.1, 0.15) is 19.8 Å². The number of hydrogen-bond donors (Lipinski definition) is 0. The van der Waals surface area contributed by atoms with Crippen molar-refractivity contribution < 1.29 is 68.1 Å². The van der Waals surface area contributed by atoms with Crippen molar-refractivity contribution in [2.24, 2.45) is 5.41 Å². The molecule has 0 aromatic carbocycles. The molecule has 0 rings (SSSR count). The van der Waals surface area contributed by atoms with E-state index >= 15 is 0 Å². The van der Waals surface area contributed by atoms with E-state index in [0.29, 0.717) is 0 Å². The highest BCUT2D eigenvalue weighted by atomic mass is 19.4. The van der Waals surface area contributed by atoms with Gasteiger partial charge in [0.15, 0.2) is 0 Å². The van der Waals surface area contributed by atoms with Crippen LogP contribution >= 0.6 is 0 Å². The van der Waals surface area contributed by atoms with Crippen LogP contribution < -0.4 is 0 Å². The van der Waals surface area contributed by atoms with Gasteiger partial charge in [-0.25, -0.2) is 14.4 Å². The Morgan fingerprint density at radius 2 is 0.815 bits per heavy atom. The van der Waals surface area contributed by atoms with Crippen molar-refractivity contribution in [1.82, 2.24) is 0 Å². The van der Waals surface area contributed by atoms with Crippen LogP contribution in [0.25, 0.3) is 0 Å². The van der Waals surface area contributed by atoms with E-state index in [1.807, 2.05) is 0 Å². The van der Waals surface area contributed by atoms with Crippen LogP contribution in [0, 0.1) is 5.41 Å². The predicted octanol–water partition coefficient (Wildman–Crippen LogP) is 2.70. The Morgan fingerprint density at radius 1 is 0.593 bits per heavy atom. The van der Waals surface area contributed by atoms with Gasteiger partial charge in [0, 0.05) is 0 Å². The largest absolute Gasteiger partial charge is 0.490 e. The molecule has 27 heavy (non-hydrogen) atoms. The maximum atomic E-state index is 12.1.